The van der Waals surface area contributed by atoms with Gasteiger partial charge in [0.25, 0.3) is 0 Å². The van der Waals surface area contributed by atoms with Gasteiger partial charge in [-0.2, -0.15) is 5.26 Å². The van der Waals surface area contributed by atoms with E-state index in [0.717, 1.165) is 13.0 Å². The summed E-state index contributed by atoms with van der Waals surface area (Å²) in [6.07, 6.45) is 6.31. The van der Waals surface area contributed by atoms with Crippen LogP contribution >= 0.6 is 0 Å². The second-order valence-electron chi connectivity index (χ2n) is 5.53. The predicted molar refractivity (Wildman–Crippen MR) is 71.8 cm³/mol. The quantitative estimate of drug-likeness (QED) is 0.798. The van der Waals surface area contributed by atoms with E-state index in [-0.39, 0.29) is 6.04 Å². The average molecular weight is 237 g/mol. The van der Waals surface area contributed by atoms with Gasteiger partial charge in [0.1, 0.15) is 0 Å². The van der Waals surface area contributed by atoms with E-state index in [0.29, 0.717) is 12.1 Å². The summed E-state index contributed by atoms with van der Waals surface area (Å²) in [5.74, 6) is 0. The number of nitrogens with zero attached hydrogens (tertiary/aromatic N) is 2. The summed E-state index contributed by atoms with van der Waals surface area (Å²) in [5, 5.41) is 12.4. The molecule has 1 N–H and O–H groups in total. The summed E-state index contributed by atoms with van der Waals surface area (Å²) in [4.78, 5) is 2.55. The molecule has 2 unspecified atom stereocenters. The number of nitrogens with one attached hydrogen (secondary N) is 1. The number of hydrogen-bond donors (Lipinski definition) is 1. The third-order valence-corrected chi connectivity index (χ3v) is 3.59. The number of likely N-dealkylation sites (tertiary alicyclic amines) is 1. The summed E-state index contributed by atoms with van der Waals surface area (Å²) in [6.45, 7) is 8.78. The maximum absolute atomic E-state index is 9.09. The van der Waals surface area contributed by atoms with Crippen LogP contribution in [0.2, 0.25) is 0 Å². The maximum Gasteiger partial charge on any atom is 0.0967 e. The minimum Gasteiger partial charge on any atom is -0.301 e. The Morgan fingerprint density at radius 2 is 2.12 bits per heavy atom. The highest BCUT2D eigenvalue weighted by molar-refractivity contribution is 4.91. The van der Waals surface area contributed by atoms with Crippen molar-refractivity contribution in [3.8, 4) is 6.07 Å². The van der Waals surface area contributed by atoms with Gasteiger partial charge in [-0.25, -0.2) is 0 Å². The molecular weight excluding hydrogens is 210 g/mol. The fraction of sp³-hybridized carbons (Fsp3) is 0.929. The van der Waals surface area contributed by atoms with Gasteiger partial charge in [0.05, 0.1) is 12.1 Å². The third-order valence-electron chi connectivity index (χ3n) is 3.59. The van der Waals surface area contributed by atoms with Crippen molar-refractivity contribution >= 4 is 0 Å². The molecule has 0 aromatic rings. The van der Waals surface area contributed by atoms with Crippen LogP contribution in [0, 0.1) is 11.3 Å². The standard InChI is InChI=1S/C14H27N3/c1-12(2)16-14(11-15)8-10-17-9-6-4-5-7-13(17)3/h12-14,16H,4-10H2,1-3H3. The van der Waals surface area contributed by atoms with Crippen LogP contribution in [0.4, 0.5) is 0 Å². The zero-order valence-corrected chi connectivity index (χ0v) is 11.6. The molecule has 3 nitrogen and oxygen atoms in total. The average Bonchev–Trinajstić information content (AvgIpc) is 2.49. The van der Waals surface area contributed by atoms with Gasteiger partial charge in [0.2, 0.25) is 0 Å². The molecule has 3 heteroatoms. The molecular formula is C14H27N3. The van der Waals surface area contributed by atoms with Gasteiger partial charge in [-0.1, -0.05) is 12.8 Å². The van der Waals surface area contributed by atoms with Crippen LogP contribution in [0.5, 0.6) is 0 Å². The van der Waals surface area contributed by atoms with E-state index in [9.17, 15) is 0 Å². The Morgan fingerprint density at radius 1 is 1.35 bits per heavy atom. The number of rotatable bonds is 5. The van der Waals surface area contributed by atoms with E-state index in [1.165, 1.54) is 32.2 Å². The highest BCUT2D eigenvalue weighted by Gasteiger charge is 2.18. The highest BCUT2D eigenvalue weighted by atomic mass is 15.2. The lowest BCUT2D eigenvalue weighted by Crippen LogP contribution is -2.39. The van der Waals surface area contributed by atoms with Crippen LogP contribution < -0.4 is 5.32 Å². The van der Waals surface area contributed by atoms with E-state index in [4.69, 9.17) is 5.26 Å². The predicted octanol–water partition coefficient (Wildman–Crippen LogP) is 2.53. The molecule has 0 aliphatic carbocycles. The Balaban J connectivity index is 2.34. The van der Waals surface area contributed by atoms with Gasteiger partial charge >= 0.3 is 0 Å². The summed E-state index contributed by atoms with van der Waals surface area (Å²) >= 11 is 0. The fourth-order valence-electron chi connectivity index (χ4n) is 2.55. The zero-order valence-electron chi connectivity index (χ0n) is 11.6. The van der Waals surface area contributed by atoms with Crippen molar-refractivity contribution in [3.05, 3.63) is 0 Å². The number of hydrogen-bond acceptors (Lipinski definition) is 3. The van der Waals surface area contributed by atoms with Crippen molar-refractivity contribution < 1.29 is 0 Å². The molecule has 0 aromatic heterocycles. The molecule has 0 radical (unpaired) electrons. The van der Waals surface area contributed by atoms with Gasteiger partial charge in [-0.05, 0) is 46.6 Å². The van der Waals surface area contributed by atoms with Crippen molar-refractivity contribution in [2.75, 3.05) is 13.1 Å². The summed E-state index contributed by atoms with van der Waals surface area (Å²) in [7, 11) is 0. The van der Waals surface area contributed by atoms with Crippen LogP contribution in [0.3, 0.4) is 0 Å². The summed E-state index contributed by atoms with van der Waals surface area (Å²) < 4.78 is 0. The Hall–Kier alpha value is -0.590. The molecule has 1 aliphatic rings. The van der Waals surface area contributed by atoms with Gasteiger partial charge < -0.3 is 4.90 Å². The van der Waals surface area contributed by atoms with E-state index in [1.807, 2.05) is 0 Å². The Kier molecular flexibility index (Phi) is 6.54. The van der Waals surface area contributed by atoms with E-state index >= 15 is 0 Å². The van der Waals surface area contributed by atoms with Crippen molar-refractivity contribution in [1.82, 2.24) is 10.2 Å². The van der Waals surface area contributed by atoms with Crippen molar-refractivity contribution in [2.24, 2.45) is 0 Å². The van der Waals surface area contributed by atoms with Gasteiger partial charge in [-0.15, -0.1) is 0 Å². The first-order valence-electron chi connectivity index (χ1n) is 7.03. The molecule has 0 amide bonds. The zero-order chi connectivity index (χ0) is 12.7. The topological polar surface area (TPSA) is 39.1 Å². The molecule has 2 atom stereocenters. The second kappa shape index (κ2) is 7.68. The van der Waals surface area contributed by atoms with Gasteiger partial charge in [-0.3, -0.25) is 5.32 Å². The van der Waals surface area contributed by atoms with E-state index < -0.39 is 0 Å². The Bertz CT molecular complexity index is 244. The molecule has 98 valence electrons. The normalized spacial score (nSPS) is 24.3. The van der Waals surface area contributed by atoms with Gasteiger partial charge in [0, 0.05) is 18.6 Å². The molecule has 0 saturated carbocycles. The highest BCUT2D eigenvalue weighted by Crippen LogP contribution is 2.16. The van der Waals surface area contributed by atoms with E-state index in [2.05, 4.69) is 37.1 Å². The fourth-order valence-corrected chi connectivity index (χ4v) is 2.55. The van der Waals surface area contributed by atoms with Crippen molar-refractivity contribution in [2.45, 2.75) is 71.0 Å². The minimum atomic E-state index is 0.00505. The molecule has 1 fully saturated rings. The van der Waals surface area contributed by atoms with Crippen molar-refractivity contribution in [1.29, 1.82) is 5.26 Å². The molecule has 17 heavy (non-hydrogen) atoms. The maximum atomic E-state index is 9.09. The Labute approximate surface area is 106 Å². The number of nitriles is 1. The first kappa shape index (κ1) is 14.5. The summed E-state index contributed by atoms with van der Waals surface area (Å²) in [6, 6.07) is 3.45. The lowest BCUT2D eigenvalue weighted by molar-refractivity contribution is 0.205. The molecule has 0 aromatic carbocycles. The lowest BCUT2D eigenvalue weighted by Gasteiger charge is -2.28. The van der Waals surface area contributed by atoms with Crippen molar-refractivity contribution in [3.63, 3.8) is 0 Å². The largest absolute Gasteiger partial charge is 0.301 e. The second-order valence-corrected chi connectivity index (χ2v) is 5.53. The van der Waals surface area contributed by atoms with Crippen LogP contribution in [0.15, 0.2) is 0 Å². The first-order valence-corrected chi connectivity index (χ1v) is 7.03. The lowest BCUT2D eigenvalue weighted by atomic mass is 10.1. The van der Waals surface area contributed by atoms with Crippen LogP contribution in [-0.2, 0) is 0 Å². The molecule has 0 bridgehead atoms. The first-order chi connectivity index (χ1) is 8.13. The van der Waals surface area contributed by atoms with Crippen LogP contribution in [0.25, 0.3) is 0 Å². The molecule has 0 spiro atoms. The third kappa shape index (κ3) is 5.52. The molecule has 1 aliphatic heterocycles. The monoisotopic (exact) mass is 237 g/mol. The van der Waals surface area contributed by atoms with E-state index in [1.54, 1.807) is 0 Å². The molecule has 1 heterocycles. The molecule has 1 saturated heterocycles. The van der Waals surface area contributed by atoms with Crippen LogP contribution in [-0.4, -0.2) is 36.1 Å². The Morgan fingerprint density at radius 3 is 2.76 bits per heavy atom. The van der Waals surface area contributed by atoms with Crippen LogP contribution in [0.1, 0.15) is 52.9 Å². The summed E-state index contributed by atoms with van der Waals surface area (Å²) in [5.41, 5.74) is 0. The molecule has 1 rings (SSSR count). The van der Waals surface area contributed by atoms with Gasteiger partial charge in [0.15, 0.2) is 0 Å². The minimum absolute atomic E-state index is 0.00505. The SMILES string of the molecule is CC(C)NC(C#N)CCN1CCCCCC1C. The smallest absolute Gasteiger partial charge is 0.0967 e.